The standard InChI is InChI=1S/C14H20N2S/c1-11-8-9-14(17-11)13(10-15)16-12-6-4-2-3-5-7-12/h8-9,12-13,16H,2-7H2,1H3. The van der Waals surface area contributed by atoms with Gasteiger partial charge >= 0.3 is 0 Å². The summed E-state index contributed by atoms with van der Waals surface area (Å²) in [5.74, 6) is 0. The van der Waals surface area contributed by atoms with Gasteiger partial charge in [0.1, 0.15) is 6.04 Å². The molecule has 0 radical (unpaired) electrons. The molecule has 0 amide bonds. The van der Waals surface area contributed by atoms with E-state index in [0.717, 1.165) is 4.88 Å². The van der Waals surface area contributed by atoms with E-state index in [1.807, 2.05) is 0 Å². The number of hydrogen-bond donors (Lipinski definition) is 1. The zero-order valence-electron chi connectivity index (χ0n) is 10.4. The third-order valence-electron chi connectivity index (χ3n) is 3.43. The van der Waals surface area contributed by atoms with Gasteiger partial charge in [-0.25, -0.2) is 0 Å². The van der Waals surface area contributed by atoms with Crippen LogP contribution in [0.4, 0.5) is 0 Å². The summed E-state index contributed by atoms with van der Waals surface area (Å²) in [4.78, 5) is 2.44. The molecule has 1 aliphatic carbocycles. The van der Waals surface area contributed by atoms with Gasteiger partial charge < -0.3 is 0 Å². The summed E-state index contributed by atoms with van der Waals surface area (Å²) in [6, 6.07) is 6.99. The Kier molecular flexibility index (Phi) is 4.58. The molecule has 1 N–H and O–H groups in total. The van der Waals surface area contributed by atoms with E-state index in [2.05, 4.69) is 30.4 Å². The molecule has 17 heavy (non-hydrogen) atoms. The van der Waals surface area contributed by atoms with Crippen molar-refractivity contribution in [3.63, 3.8) is 0 Å². The lowest BCUT2D eigenvalue weighted by Gasteiger charge is -2.19. The van der Waals surface area contributed by atoms with Crippen LogP contribution in [-0.2, 0) is 0 Å². The van der Waals surface area contributed by atoms with Crippen molar-refractivity contribution < 1.29 is 0 Å². The second kappa shape index (κ2) is 6.18. The zero-order chi connectivity index (χ0) is 12.1. The average molecular weight is 248 g/mol. The first-order valence-electron chi connectivity index (χ1n) is 6.51. The molecule has 1 aliphatic rings. The summed E-state index contributed by atoms with van der Waals surface area (Å²) in [7, 11) is 0. The van der Waals surface area contributed by atoms with Crippen LogP contribution in [0.25, 0.3) is 0 Å². The molecule has 1 atom stereocenters. The number of thiophene rings is 1. The Balaban J connectivity index is 1.97. The molecule has 0 saturated heterocycles. The maximum Gasteiger partial charge on any atom is 0.130 e. The Labute approximate surface area is 108 Å². The molecule has 0 aliphatic heterocycles. The second-order valence-electron chi connectivity index (χ2n) is 4.87. The van der Waals surface area contributed by atoms with Gasteiger partial charge in [-0.3, -0.25) is 5.32 Å². The Morgan fingerprint density at radius 1 is 1.29 bits per heavy atom. The highest BCUT2D eigenvalue weighted by Crippen LogP contribution is 2.25. The molecule has 1 heterocycles. The third kappa shape index (κ3) is 3.55. The monoisotopic (exact) mass is 248 g/mol. The average Bonchev–Trinajstić information content (AvgIpc) is 2.62. The Hall–Kier alpha value is -0.850. The fraction of sp³-hybridized carbons (Fsp3) is 0.643. The van der Waals surface area contributed by atoms with Crippen LogP contribution in [0.2, 0.25) is 0 Å². The molecule has 0 bridgehead atoms. The summed E-state index contributed by atoms with van der Waals surface area (Å²) < 4.78 is 0. The lowest BCUT2D eigenvalue weighted by molar-refractivity contribution is 0.439. The maximum absolute atomic E-state index is 9.28. The summed E-state index contributed by atoms with van der Waals surface area (Å²) in [5.41, 5.74) is 0. The van der Waals surface area contributed by atoms with Crippen LogP contribution in [0, 0.1) is 18.3 Å². The van der Waals surface area contributed by atoms with Gasteiger partial charge in [-0.05, 0) is 31.9 Å². The Bertz CT molecular complexity index is 383. The number of nitrogens with zero attached hydrogens (tertiary/aromatic N) is 1. The first-order chi connectivity index (χ1) is 8.29. The molecule has 1 aromatic rings. The summed E-state index contributed by atoms with van der Waals surface area (Å²) in [6.45, 7) is 2.09. The highest BCUT2D eigenvalue weighted by Gasteiger charge is 2.18. The molecule has 3 heteroatoms. The molecule has 1 unspecified atom stereocenters. The van der Waals surface area contributed by atoms with Crippen molar-refractivity contribution in [2.24, 2.45) is 0 Å². The van der Waals surface area contributed by atoms with Crippen molar-refractivity contribution in [2.75, 3.05) is 0 Å². The third-order valence-corrected chi connectivity index (χ3v) is 4.50. The van der Waals surface area contributed by atoms with Gasteiger partial charge in [0.25, 0.3) is 0 Å². The topological polar surface area (TPSA) is 35.8 Å². The second-order valence-corrected chi connectivity index (χ2v) is 6.19. The van der Waals surface area contributed by atoms with Crippen LogP contribution in [0.1, 0.15) is 54.3 Å². The predicted octanol–water partition coefficient (Wildman–Crippen LogP) is 3.93. The fourth-order valence-electron chi connectivity index (χ4n) is 2.47. The first kappa shape index (κ1) is 12.6. The van der Waals surface area contributed by atoms with Crippen LogP contribution in [0.5, 0.6) is 0 Å². The van der Waals surface area contributed by atoms with Crippen molar-refractivity contribution in [3.05, 3.63) is 21.9 Å². The number of nitrogens with one attached hydrogen (secondary N) is 1. The molecule has 2 nitrogen and oxygen atoms in total. The Morgan fingerprint density at radius 2 is 2.00 bits per heavy atom. The van der Waals surface area contributed by atoms with Gasteiger partial charge in [-0.2, -0.15) is 5.26 Å². The van der Waals surface area contributed by atoms with Crippen LogP contribution >= 0.6 is 11.3 Å². The normalized spacial score (nSPS) is 19.5. The van der Waals surface area contributed by atoms with Gasteiger partial charge in [0, 0.05) is 15.8 Å². The van der Waals surface area contributed by atoms with Crippen LogP contribution < -0.4 is 5.32 Å². The van der Waals surface area contributed by atoms with E-state index in [0.29, 0.717) is 6.04 Å². The van der Waals surface area contributed by atoms with Gasteiger partial charge in [0.05, 0.1) is 6.07 Å². The van der Waals surface area contributed by atoms with Gasteiger partial charge in [-0.15, -0.1) is 11.3 Å². The fourth-order valence-corrected chi connectivity index (χ4v) is 3.36. The maximum atomic E-state index is 9.28. The van der Waals surface area contributed by atoms with E-state index in [-0.39, 0.29) is 6.04 Å². The van der Waals surface area contributed by atoms with Gasteiger partial charge in [0.2, 0.25) is 0 Å². The highest BCUT2D eigenvalue weighted by molar-refractivity contribution is 7.12. The first-order valence-corrected chi connectivity index (χ1v) is 7.33. The molecule has 0 aromatic carbocycles. The minimum absolute atomic E-state index is 0.114. The SMILES string of the molecule is Cc1ccc(C(C#N)NC2CCCCCC2)s1. The summed E-state index contributed by atoms with van der Waals surface area (Å²) in [5, 5.41) is 12.8. The summed E-state index contributed by atoms with van der Waals surface area (Å²) in [6.07, 6.45) is 7.77. The lowest BCUT2D eigenvalue weighted by atomic mass is 10.1. The van der Waals surface area contributed by atoms with E-state index in [4.69, 9.17) is 0 Å². The van der Waals surface area contributed by atoms with Gasteiger partial charge in [-0.1, -0.05) is 25.7 Å². The van der Waals surface area contributed by atoms with Crippen molar-refractivity contribution >= 4 is 11.3 Å². The van der Waals surface area contributed by atoms with Crippen LogP contribution in [0.15, 0.2) is 12.1 Å². The minimum atomic E-state index is -0.114. The number of rotatable bonds is 3. The molecule has 1 fully saturated rings. The smallest absolute Gasteiger partial charge is 0.130 e. The predicted molar refractivity (Wildman–Crippen MR) is 72.0 cm³/mol. The van der Waals surface area contributed by atoms with E-state index >= 15 is 0 Å². The molecule has 2 rings (SSSR count). The van der Waals surface area contributed by atoms with E-state index in [9.17, 15) is 5.26 Å². The number of hydrogen-bond acceptors (Lipinski definition) is 3. The molecule has 92 valence electrons. The molecular weight excluding hydrogens is 228 g/mol. The van der Waals surface area contributed by atoms with Crippen LogP contribution in [0.3, 0.4) is 0 Å². The van der Waals surface area contributed by atoms with Crippen LogP contribution in [-0.4, -0.2) is 6.04 Å². The van der Waals surface area contributed by atoms with Crippen molar-refractivity contribution in [1.82, 2.24) is 5.32 Å². The highest BCUT2D eigenvalue weighted by atomic mass is 32.1. The van der Waals surface area contributed by atoms with E-state index in [1.165, 1.54) is 43.4 Å². The molecule has 1 aromatic heterocycles. The van der Waals surface area contributed by atoms with Gasteiger partial charge in [0.15, 0.2) is 0 Å². The van der Waals surface area contributed by atoms with Crippen molar-refractivity contribution in [1.29, 1.82) is 5.26 Å². The Morgan fingerprint density at radius 3 is 2.53 bits per heavy atom. The number of aryl methyl sites for hydroxylation is 1. The zero-order valence-corrected chi connectivity index (χ0v) is 11.2. The largest absolute Gasteiger partial charge is 0.295 e. The molecule has 0 spiro atoms. The van der Waals surface area contributed by atoms with Crippen molar-refractivity contribution in [3.8, 4) is 6.07 Å². The van der Waals surface area contributed by atoms with Crippen molar-refractivity contribution in [2.45, 2.75) is 57.5 Å². The lowest BCUT2D eigenvalue weighted by Crippen LogP contribution is -2.31. The minimum Gasteiger partial charge on any atom is -0.295 e. The summed E-state index contributed by atoms with van der Waals surface area (Å²) >= 11 is 1.73. The molecule has 1 saturated carbocycles. The van der Waals surface area contributed by atoms with E-state index in [1.54, 1.807) is 11.3 Å². The number of nitriles is 1. The quantitative estimate of drug-likeness (QED) is 0.823. The van der Waals surface area contributed by atoms with E-state index < -0.39 is 0 Å². The molecular formula is C14H20N2S.